The van der Waals surface area contributed by atoms with Crippen LogP contribution in [-0.2, 0) is 17.1 Å². The highest BCUT2D eigenvalue weighted by Crippen LogP contribution is 2.25. The van der Waals surface area contributed by atoms with Gasteiger partial charge < -0.3 is 4.74 Å². The summed E-state index contributed by atoms with van der Waals surface area (Å²) in [6, 6.07) is 10.1. The number of methoxy groups -OCH3 is 1. The van der Waals surface area contributed by atoms with Crippen LogP contribution in [0.4, 0.5) is 5.82 Å². The number of nitrogens with zero attached hydrogens (tertiary/aromatic N) is 3. The lowest BCUT2D eigenvalue weighted by Gasteiger charge is -2.11. The first kappa shape index (κ1) is 17.0. The van der Waals surface area contributed by atoms with E-state index in [-0.39, 0.29) is 4.90 Å². The van der Waals surface area contributed by atoms with E-state index in [4.69, 9.17) is 4.74 Å². The summed E-state index contributed by atoms with van der Waals surface area (Å²) in [7, 11) is -0.516. The number of aryl methyl sites for hydroxylation is 2. The van der Waals surface area contributed by atoms with Gasteiger partial charge in [-0.1, -0.05) is 0 Å². The van der Waals surface area contributed by atoms with Gasteiger partial charge in [-0.05, 0) is 42.8 Å². The van der Waals surface area contributed by atoms with E-state index in [9.17, 15) is 8.42 Å². The van der Waals surface area contributed by atoms with E-state index >= 15 is 0 Å². The molecule has 0 bridgehead atoms. The molecule has 1 N–H and O–H groups in total. The second-order valence-electron chi connectivity index (χ2n) is 5.51. The van der Waals surface area contributed by atoms with Gasteiger partial charge in [-0.3, -0.25) is 14.4 Å². The van der Waals surface area contributed by atoms with Crippen molar-refractivity contribution in [2.45, 2.75) is 11.8 Å². The molecule has 0 aliphatic rings. The molecule has 0 spiro atoms. The van der Waals surface area contributed by atoms with Gasteiger partial charge in [0.25, 0.3) is 10.0 Å². The summed E-state index contributed by atoms with van der Waals surface area (Å²) in [4.78, 5) is 4.16. The zero-order chi connectivity index (χ0) is 18.0. The van der Waals surface area contributed by atoms with Crippen LogP contribution in [0.25, 0.3) is 11.3 Å². The molecule has 130 valence electrons. The quantitative estimate of drug-likeness (QED) is 0.758. The summed E-state index contributed by atoms with van der Waals surface area (Å²) in [5, 5.41) is 4.35. The van der Waals surface area contributed by atoms with E-state index in [2.05, 4.69) is 14.8 Å². The molecule has 0 atom stereocenters. The molecule has 0 fully saturated rings. The first-order valence-electron chi connectivity index (χ1n) is 7.52. The molecule has 0 saturated heterocycles. The van der Waals surface area contributed by atoms with E-state index < -0.39 is 10.0 Å². The molecular weight excluding hydrogens is 340 g/mol. The average molecular weight is 358 g/mol. The lowest BCUT2D eigenvalue weighted by Crippen LogP contribution is -2.16. The number of hydrogen-bond acceptors (Lipinski definition) is 5. The van der Waals surface area contributed by atoms with Gasteiger partial charge in [0.1, 0.15) is 11.6 Å². The van der Waals surface area contributed by atoms with Crippen LogP contribution < -0.4 is 9.46 Å². The Morgan fingerprint density at radius 1 is 1.12 bits per heavy atom. The maximum Gasteiger partial charge on any atom is 0.263 e. The molecule has 3 aromatic rings. The number of rotatable bonds is 5. The van der Waals surface area contributed by atoms with Crippen LogP contribution in [0.1, 0.15) is 5.56 Å². The molecule has 0 aliphatic carbocycles. The molecule has 0 aliphatic heterocycles. The van der Waals surface area contributed by atoms with Gasteiger partial charge in [0.05, 0.1) is 17.7 Å². The smallest absolute Gasteiger partial charge is 0.263 e. The molecule has 0 amide bonds. The number of nitrogens with one attached hydrogen (secondary N) is 1. The van der Waals surface area contributed by atoms with Crippen molar-refractivity contribution in [3.63, 3.8) is 0 Å². The third-order valence-electron chi connectivity index (χ3n) is 3.77. The summed E-state index contributed by atoms with van der Waals surface area (Å²) in [6.45, 7) is 1.72. The lowest BCUT2D eigenvalue weighted by atomic mass is 10.2. The van der Waals surface area contributed by atoms with Gasteiger partial charge in [-0.25, -0.2) is 8.42 Å². The van der Waals surface area contributed by atoms with Crippen LogP contribution >= 0.6 is 0 Å². The Morgan fingerprint density at radius 3 is 2.48 bits per heavy atom. The SMILES string of the molecule is COc1ccc(S(=O)(=O)Nc2cc(-c3ccncc3)nn2C)c(C)c1. The second kappa shape index (κ2) is 6.56. The Hall–Kier alpha value is -2.87. The molecule has 2 heterocycles. The standard InChI is InChI=1S/C17H18N4O3S/c1-12-10-14(24-3)4-5-16(12)25(22,23)20-17-11-15(19-21(17)2)13-6-8-18-9-7-13/h4-11,20H,1-3H3. The first-order chi connectivity index (χ1) is 11.9. The zero-order valence-corrected chi connectivity index (χ0v) is 14.9. The summed E-state index contributed by atoms with van der Waals surface area (Å²) in [5.41, 5.74) is 2.12. The molecule has 25 heavy (non-hydrogen) atoms. The Morgan fingerprint density at radius 2 is 1.84 bits per heavy atom. The number of anilines is 1. The summed E-state index contributed by atoms with van der Waals surface area (Å²) >= 11 is 0. The van der Waals surface area contributed by atoms with Crippen molar-refractivity contribution in [1.29, 1.82) is 0 Å². The van der Waals surface area contributed by atoms with Gasteiger partial charge in [0.15, 0.2) is 0 Å². The number of sulfonamides is 1. The number of ether oxygens (including phenoxy) is 1. The fraction of sp³-hybridized carbons (Fsp3) is 0.176. The summed E-state index contributed by atoms with van der Waals surface area (Å²) in [5.74, 6) is 0.985. The van der Waals surface area contributed by atoms with Crippen LogP contribution in [-0.4, -0.2) is 30.3 Å². The van der Waals surface area contributed by atoms with Gasteiger partial charge in [-0.2, -0.15) is 5.10 Å². The van der Waals surface area contributed by atoms with Crippen LogP contribution in [0.5, 0.6) is 5.75 Å². The topological polar surface area (TPSA) is 86.1 Å². The molecule has 3 rings (SSSR count). The largest absolute Gasteiger partial charge is 0.497 e. The highest BCUT2D eigenvalue weighted by molar-refractivity contribution is 7.92. The lowest BCUT2D eigenvalue weighted by molar-refractivity contribution is 0.414. The van der Waals surface area contributed by atoms with Crippen molar-refractivity contribution in [2.75, 3.05) is 11.8 Å². The fourth-order valence-electron chi connectivity index (χ4n) is 2.47. The average Bonchev–Trinajstić information content (AvgIpc) is 2.95. The van der Waals surface area contributed by atoms with Gasteiger partial charge >= 0.3 is 0 Å². The predicted molar refractivity (Wildman–Crippen MR) is 95.0 cm³/mol. The zero-order valence-electron chi connectivity index (χ0n) is 14.1. The maximum atomic E-state index is 12.7. The summed E-state index contributed by atoms with van der Waals surface area (Å²) in [6.07, 6.45) is 3.32. The molecule has 7 nitrogen and oxygen atoms in total. The Labute approximate surface area is 146 Å². The number of aromatic nitrogens is 3. The van der Waals surface area contributed by atoms with Gasteiger partial charge in [0.2, 0.25) is 0 Å². The van der Waals surface area contributed by atoms with Crippen molar-refractivity contribution >= 4 is 15.8 Å². The maximum absolute atomic E-state index is 12.7. The molecule has 0 unspecified atom stereocenters. The second-order valence-corrected chi connectivity index (χ2v) is 7.16. The Bertz CT molecular complexity index is 998. The molecule has 0 saturated carbocycles. The Balaban J connectivity index is 1.93. The number of benzene rings is 1. The highest BCUT2D eigenvalue weighted by atomic mass is 32.2. The van der Waals surface area contributed by atoms with Crippen LogP contribution in [0.2, 0.25) is 0 Å². The normalized spacial score (nSPS) is 11.3. The van der Waals surface area contributed by atoms with Crippen molar-refractivity contribution in [3.8, 4) is 17.0 Å². The van der Waals surface area contributed by atoms with E-state index in [0.29, 0.717) is 22.8 Å². The summed E-state index contributed by atoms with van der Waals surface area (Å²) < 4.78 is 34.6. The minimum absolute atomic E-state index is 0.194. The van der Waals surface area contributed by atoms with Crippen LogP contribution in [0, 0.1) is 6.92 Å². The first-order valence-corrected chi connectivity index (χ1v) is 9.01. The van der Waals surface area contributed by atoms with E-state index in [1.54, 1.807) is 44.6 Å². The van der Waals surface area contributed by atoms with Crippen LogP contribution in [0.3, 0.4) is 0 Å². The molecule has 8 heteroatoms. The van der Waals surface area contributed by atoms with Crippen molar-refractivity contribution in [3.05, 3.63) is 54.4 Å². The predicted octanol–water partition coefficient (Wildman–Crippen LogP) is 2.60. The number of hydrogen-bond donors (Lipinski definition) is 1. The molecule has 1 aromatic carbocycles. The third-order valence-corrected chi connectivity index (χ3v) is 5.28. The van der Waals surface area contributed by atoms with E-state index in [1.165, 1.54) is 17.9 Å². The highest BCUT2D eigenvalue weighted by Gasteiger charge is 2.20. The van der Waals surface area contributed by atoms with Crippen molar-refractivity contribution < 1.29 is 13.2 Å². The van der Waals surface area contributed by atoms with Crippen LogP contribution in [0.15, 0.2) is 53.7 Å². The Kier molecular flexibility index (Phi) is 4.45. The minimum Gasteiger partial charge on any atom is -0.497 e. The van der Waals surface area contributed by atoms with Crippen molar-refractivity contribution in [2.24, 2.45) is 7.05 Å². The molecule has 2 aromatic heterocycles. The van der Waals surface area contributed by atoms with E-state index in [0.717, 1.165) is 5.56 Å². The minimum atomic E-state index is -3.74. The monoisotopic (exact) mass is 358 g/mol. The molecule has 0 radical (unpaired) electrons. The van der Waals surface area contributed by atoms with E-state index in [1.807, 2.05) is 12.1 Å². The van der Waals surface area contributed by atoms with Gasteiger partial charge in [-0.15, -0.1) is 0 Å². The fourth-order valence-corrected chi connectivity index (χ4v) is 3.78. The third kappa shape index (κ3) is 3.48. The van der Waals surface area contributed by atoms with Gasteiger partial charge in [0, 0.05) is 31.1 Å². The molecular formula is C17H18N4O3S. The van der Waals surface area contributed by atoms with Crippen molar-refractivity contribution in [1.82, 2.24) is 14.8 Å². The number of pyridine rings is 1.